The second-order valence-electron chi connectivity index (χ2n) is 5.26. The maximum Gasteiger partial charge on any atom is 0.254 e. The van der Waals surface area contributed by atoms with Crippen molar-refractivity contribution >= 4 is 39.7 Å². The summed E-state index contributed by atoms with van der Waals surface area (Å²) in [6.07, 6.45) is 1.21. The van der Waals surface area contributed by atoms with Gasteiger partial charge in [-0.3, -0.25) is 4.79 Å². The van der Waals surface area contributed by atoms with Crippen molar-refractivity contribution in [1.82, 2.24) is 5.43 Å². The highest BCUT2D eigenvalue weighted by atomic mass is 79.9. The van der Waals surface area contributed by atoms with Gasteiger partial charge in [-0.15, -0.1) is 0 Å². The van der Waals surface area contributed by atoms with E-state index in [1.165, 1.54) is 6.21 Å². The number of halogens is 2. The normalized spacial score (nSPS) is 10.4. The Morgan fingerprint density at radius 3 is 2.78 bits per heavy atom. The molecule has 0 saturated heterocycles. The molecule has 8 heteroatoms. The van der Waals surface area contributed by atoms with E-state index < -0.39 is 5.91 Å². The Kier molecular flexibility index (Phi) is 8.11. The molecule has 0 saturated carbocycles. The number of rotatable bonds is 8. The van der Waals surface area contributed by atoms with Crippen LogP contribution in [0.2, 0.25) is 5.02 Å². The molecule has 6 nitrogen and oxygen atoms in total. The third-order valence-corrected chi connectivity index (χ3v) is 4.39. The van der Waals surface area contributed by atoms with E-state index in [-0.39, 0.29) is 6.42 Å². The number of carbonyl (C=O) groups is 1. The summed E-state index contributed by atoms with van der Waals surface area (Å²) in [7, 11) is 0. The van der Waals surface area contributed by atoms with Crippen LogP contribution in [0.1, 0.15) is 24.5 Å². The summed E-state index contributed by atoms with van der Waals surface area (Å²) in [5.74, 6) is 0.612. The van der Waals surface area contributed by atoms with Crippen LogP contribution in [0.25, 0.3) is 0 Å². The number of carbonyl (C=O) groups excluding carboxylic acids is 1. The molecule has 0 unspecified atom stereocenters. The molecule has 1 N–H and O–H groups in total. The fourth-order valence-corrected chi connectivity index (χ4v) is 2.70. The lowest BCUT2D eigenvalue weighted by Gasteiger charge is -2.14. The number of hydrogen-bond acceptors (Lipinski definition) is 5. The molecule has 2 aromatic rings. The Morgan fingerprint density at radius 1 is 1.33 bits per heavy atom. The second-order valence-corrected chi connectivity index (χ2v) is 6.52. The highest BCUT2D eigenvalue weighted by Gasteiger charge is 2.11. The van der Waals surface area contributed by atoms with Crippen molar-refractivity contribution in [2.75, 3.05) is 6.61 Å². The number of ether oxygens (including phenoxy) is 2. The highest BCUT2D eigenvalue weighted by Crippen LogP contribution is 2.34. The smallest absolute Gasteiger partial charge is 0.254 e. The van der Waals surface area contributed by atoms with E-state index in [1.54, 1.807) is 24.3 Å². The van der Waals surface area contributed by atoms with Crippen LogP contribution in [-0.2, 0) is 11.4 Å². The van der Waals surface area contributed by atoms with Crippen molar-refractivity contribution in [3.63, 3.8) is 0 Å². The van der Waals surface area contributed by atoms with Gasteiger partial charge in [0.1, 0.15) is 13.0 Å². The Hall–Kier alpha value is -2.56. The molecule has 0 spiro atoms. The molecule has 0 atom stereocenters. The van der Waals surface area contributed by atoms with E-state index in [0.717, 1.165) is 5.56 Å². The number of nitrogens with one attached hydrogen (secondary N) is 1. The lowest BCUT2D eigenvalue weighted by Crippen LogP contribution is -2.16. The predicted octanol–water partition coefficient (Wildman–Crippen LogP) is 4.44. The minimum Gasteiger partial charge on any atom is -0.490 e. The minimum atomic E-state index is -0.477. The van der Waals surface area contributed by atoms with Crippen LogP contribution < -0.4 is 14.9 Å². The van der Waals surface area contributed by atoms with Crippen LogP contribution in [-0.4, -0.2) is 18.7 Å². The van der Waals surface area contributed by atoms with E-state index in [4.69, 9.17) is 26.3 Å². The fourth-order valence-electron chi connectivity index (χ4n) is 2.09. The van der Waals surface area contributed by atoms with Gasteiger partial charge in [0, 0.05) is 20.6 Å². The maximum atomic E-state index is 11.3. The van der Waals surface area contributed by atoms with Gasteiger partial charge in [-0.1, -0.05) is 29.8 Å². The number of benzene rings is 2. The number of hydrazone groups is 1. The number of nitriles is 1. The van der Waals surface area contributed by atoms with Crippen molar-refractivity contribution in [3.8, 4) is 17.6 Å². The minimum absolute atomic E-state index is 0.252. The van der Waals surface area contributed by atoms with Gasteiger partial charge in [-0.2, -0.15) is 10.4 Å². The van der Waals surface area contributed by atoms with Crippen molar-refractivity contribution in [2.45, 2.75) is 20.0 Å². The lowest BCUT2D eigenvalue weighted by molar-refractivity contribution is -0.120. The third-order valence-electron chi connectivity index (χ3n) is 3.34. The summed E-state index contributed by atoms with van der Waals surface area (Å²) in [5.41, 5.74) is 3.82. The average molecular weight is 451 g/mol. The van der Waals surface area contributed by atoms with Crippen molar-refractivity contribution in [1.29, 1.82) is 5.26 Å². The van der Waals surface area contributed by atoms with Crippen LogP contribution >= 0.6 is 27.5 Å². The summed E-state index contributed by atoms with van der Waals surface area (Å²) < 4.78 is 12.2. The zero-order chi connectivity index (χ0) is 19.6. The van der Waals surface area contributed by atoms with Crippen LogP contribution in [0.5, 0.6) is 11.5 Å². The van der Waals surface area contributed by atoms with Gasteiger partial charge in [0.15, 0.2) is 11.5 Å². The topological polar surface area (TPSA) is 83.7 Å². The quantitative estimate of drug-likeness (QED) is 0.476. The van der Waals surface area contributed by atoms with E-state index in [1.807, 2.05) is 25.1 Å². The zero-order valence-electron chi connectivity index (χ0n) is 14.5. The zero-order valence-corrected chi connectivity index (χ0v) is 16.9. The molecular formula is C19H17BrClN3O3. The lowest BCUT2D eigenvalue weighted by atomic mass is 10.2. The maximum absolute atomic E-state index is 11.3. The first-order valence-corrected chi connectivity index (χ1v) is 9.23. The third kappa shape index (κ3) is 6.27. The van der Waals surface area contributed by atoms with Gasteiger partial charge < -0.3 is 9.47 Å². The fraction of sp³-hybridized carbons (Fsp3) is 0.211. The average Bonchev–Trinajstić information content (AvgIpc) is 2.64. The largest absolute Gasteiger partial charge is 0.490 e. The summed E-state index contributed by atoms with van der Waals surface area (Å²) in [6, 6.07) is 12.7. The second kappa shape index (κ2) is 10.6. The Labute approximate surface area is 170 Å². The molecular weight excluding hydrogens is 434 g/mol. The van der Waals surface area contributed by atoms with E-state index >= 15 is 0 Å². The van der Waals surface area contributed by atoms with E-state index in [2.05, 4.69) is 26.5 Å². The molecule has 27 heavy (non-hydrogen) atoms. The monoisotopic (exact) mass is 449 g/mol. The van der Waals surface area contributed by atoms with Gasteiger partial charge in [-0.05, 0) is 41.1 Å². The molecule has 2 rings (SSSR count). The molecule has 140 valence electrons. The number of nitrogens with zero attached hydrogens (tertiary/aromatic N) is 2. The molecule has 0 aromatic heterocycles. The molecule has 0 aliphatic carbocycles. The van der Waals surface area contributed by atoms with Crippen molar-refractivity contribution < 1.29 is 14.3 Å². The van der Waals surface area contributed by atoms with Gasteiger partial charge in [-0.25, -0.2) is 5.43 Å². The van der Waals surface area contributed by atoms with E-state index in [9.17, 15) is 4.79 Å². The summed E-state index contributed by atoms with van der Waals surface area (Å²) >= 11 is 9.61. The first kappa shape index (κ1) is 20.7. The van der Waals surface area contributed by atoms with Crippen LogP contribution in [0, 0.1) is 11.3 Å². The molecule has 0 heterocycles. The molecule has 0 fully saturated rings. The van der Waals surface area contributed by atoms with Gasteiger partial charge in [0.2, 0.25) is 0 Å². The number of amides is 1. The first-order valence-electron chi connectivity index (χ1n) is 8.06. The predicted molar refractivity (Wildman–Crippen MR) is 107 cm³/mol. The molecule has 2 aromatic carbocycles. The Bertz CT molecular complexity index is 881. The van der Waals surface area contributed by atoms with E-state index in [0.29, 0.717) is 39.8 Å². The van der Waals surface area contributed by atoms with Crippen LogP contribution in [0.4, 0.5) is 0 Å². The van der Waals surface area contributed by atoms with Gasteiger partial charge >= 0.3 is 0 Å². The van der Waals surface area contributed by atoms with Crippen LogP contribution in [0.3, 0.4) is 0 Å². The van der Waals surface area contributed by atoms with Crippen molar-refractivity contribution in [3.05, 3.63) is 57.0 Å². The molecule has 0 aliphatic heterocycles. The standard InChI is InChI=1S/C19H17BrClN3O3/c1-2-26-17-9-14(11-23-24-19(25)7-8-22)15(20)10-18(17)27-12-13-5-3-4-6-16(13)21/h3-6,9-11H,2,7,12H2,1H3,(H,24,25)/b23-11-. The summed E-state index contributed by atoms with van der Waals surface area (Å²) in [5, 5.41) is 12.9. The molecule has 0 bridgehead atoms. The van der Waals surface area contributed by atoms with Crippen LogP contribution in [0.15, 0.2) is 46.0 Å². The van der Waals surface area contributed by atoms with Crippen molar-refractivity contribution in [2.24, 2.45) is 5.10 Å². The number of hydrogen-bond donors (Lipinski definition) is 1. The molecule has 1 amide bonds. The Morgan fingerprint density at radius 2 is 2.07 bits per heavy atom. The first-order chi connectivity index (χ1) is 13.0. The van der Waals surface area contributed by atoms with Gasteiger partial charge in [0.05, 0.1) is 18.9 Å². The molecule has 0 aliphatic rings. The highest BCUT2D eigenvalue weighted by molar-refractivity contribution is 9.10. The molecule has 0 radical (unpaired) electrons. The van der Waals surface area contributed by atoms with Gasteiger partial charge in [0.25, 0.3) is 5.91 Å². The SMILES string of the molecule is CCOc1cc(/C=N\NC(=O)CC#N)c(Br)cc1OCc1ccccc1Cl. The summed E-state index contributed by atoms with van der Waals surface area (Å²) in [6.45, 7) is 2.62. The summed E-state index contributed by atoms with van der Waals surface area (Å²) in [4.78, 5) is 11.3. The Balaban J connectivity index is 2.17.